The lowest BCUT2D eigenvalue weighted by Gasteiger charge is -2.07. The monoisotopic (exact) mass is 233 g/mol. The van der Waals surface area contributed by atoms with Gasteiger partial charge in [-0.3, -0.25) is 0 Å². The molecule has 3 N–H and O–H groups in total. The van der Waals surface area contributed by atoms with Gasteiger partial charge in [0.05, 0.1) is 0 Å². The molecule has 0 saturated heterocycles. The summed E-state index contributed by atoms with van der Waals surface area (Å²) in [6.07, 6.45) is 1.96. The minimum atomic E-state index is -0.764. The lowest BCUT2D eigenvalue weighted by molar-refractivity contribution is -0.661. The highest BCUT2D eigenvalue weighted by atomic mass is 19.1. The summed E-state index contributed by atoms with van der Waals surface area (Å²) < 4.78 is 13.0. The van der Waals surface area contributed by atoms with Crippen LogP contribution in [0, 0.1) is 10.1 Å². The molecule has 0 bridgehead atoms. The minimum Gasteiger partial charge on any atom is -0.390 e. The molecule has 1 unspecified atom stereocenters. The summed E-state index contributed by atoms with van der Waals surface area (Å²) in [5, 5.41) is 21.7. The zero-order chi connectivity index (χ0) is 12.0. The first-order valence-corrected chi connectivity index (χ1v) is 4.86. The van der Waals surface area contributed by atoms with Crippen molar-refractivity contribution < 1.29 is 19.7 Å². The third kappa shape index (κ3) is 3.55. The van der Waals surface area contributed by atoms with Crippen molar-refractivity contribution in [1.82, 2.24) is 9.55 Å². The van der Waals surface area contributed by atoms with Crippen molar-refractivity contribution in [2.24, 2.45) is 0 Å². The first-order valence-electron chi connectivity index (χ1n) is 4.86. The molecule has 0 aromatic carbocycles. The zero-order valence-corrected chi connectivity index (χ0v) is 8.62. The molecule has 1 heterocycles. The lowest BCUT2D eigenvalue weighted by Crippen LogP contribution is -2.87. The Morgan fingerprint density at radius 3 is 3.12 bits per heavy atom. The van der Waals surface area contributed by atoms with Crippen LogP contribution in [0.1, 0.15) is 0 Å². The summed E-state index contributed by atoms with van der Waals surface area (Å²) in [6, 6.07) is 0. The maximum atomic E-state index is 11.8. The van der Waals surface area contributed by atoms with Crippen LogP contribution in [-0.4, -0.2) is 45.4 Å². The quantitative estimate of drug-likeness (QED) is 0.347. The Morgan fingerprint density at radius 2 is 2.50 bits per heavy atom. The smallest absolute Gasteiger partial charge is 0.390 e. The van der Waals surface area contributed by atoms with Gasteiger partial charge in [-0.05, 0) is 4.92 Å². The number of alkyl halides is 1. The second-order valence-electron chi connectivity index (χ2n) is 3.29. The molecule has 0 spiro atoms. The van der Waals surface area contributed by atoms with E-state index in [1.165, 1.54) is 17.0 Å². The van der Waals surface area contributed by atoms with Crippen molar-refractivity contribution in [3.8, 4) is 0 Å². The minimum absolute atomic E-state index is 0.0824. The summed E-state index contributed by atoms with van der Waals surface area (Å²) in [6.45, 7) is 0.208. The Labute approximate surface area is 91.1 Å². The molecule has 0 amide bonds. The molecule has 7 nitrogen and oxygen atoms in total. The van der Waals surface area contributed by atoms with Crippen LogP contribution in [-0.2, 0) is 6.54 Å². The molecule has 0 aliphatic heterocycles. The molecule has 1 aromatic heterocycles. The van der Waals surface area contributed by atoms with Gasteiger partial charge in [-0.15, -0.1) is 0 Å². The largest absolute Gasteiger partial charge is 0.434 e. The van der Waals surface area contributed by atoms with Gasteiger partial charge in [0.15, 0.2) is 0 Å². The maximum Gasteiger partial charge on any atom is 0.434 e. The van der Waals surface area contributed by atoms with E-state index >= 15 is 0 Å². The number of nitrogens with two attached hydrogens (primary N) is 1. The van der Waals surface area contributed by atoms with Crippen molar-refractivity contribution in [2.75, 3.05) is 19.8 Å². The van der Waals surface area contributed by atoms with E-state index in [-0.39, 0.29) is 19.0 Å². The van der Waals surface area contributed by atoms with Gasteiger partial charge in [0, 0.05) is 0 Å². The summed E-state index contributed by atoms with van der Waals surface area (Å²) in [4.78, 5) is 13.4. The molecule has 90 valence electrons. The Morgan fingerprint density at radius 1 is 1.75 bits per heavy atom. The van der Waals surface area contributed by atoms with Gasteiger partial charge in [-0.1, -0.05) is 4.98 Å². The number of imidazole rings is 1. The van der Waals surface area contributed by atoms with Crippen LogP contribution < -0.4 is 5.32 Å². The van der Waals surface area contributed by atoms with E-state index in [0.29, 0.717) is 6.54 Å². The number of nitro groups is 1. The SMILES string of the molecule is O=[N+]([O-])c1nccn1CC(O)C[NH2+]CCF. The highest BCUT2D eigenvalue weighted by molar-refractivity contribution is 5.06. The summed E-state index contributed by atoms with van der Waals surface area (Å²) >= 11 is 0. The molecule has 0 aliphatic rings. The molecule has 0 fully saturated rings. The van der Waals surface area contributed by atoms with E-state index < -0.39 is 17.7 Å². The van der Waals surface area contributed by atoms with Crippen LogP contribution in [0.3, 0.4) is 0 Å². The number of aromatic nitrogens is 2. The highest BCUT2D eigenvalue weighted by Gasteiger charge is 2.17. The first kappa shape index (κ1) is 12.5. The Hall–Kier alpha value is -1.54. The van der Waals surface area contributed by atoms with Crippen LogP contribution >= 0.6 is 0 Å². The third-order valence-electron chi connectivity index (χ3n) is 2.02. The van der Waals surface area contributed by atoms with Crippen LogP contribution in [0.15, 0.2) is 12.4 Å². The predicted octanol–water partition coefficient (Wildman–Crippen LogP) is -1.31. The number of aliphatic hydroxyl groups is 1. The zero-order valence-electron chi connectivity index (χ0n) is 8.62. The second-order valence-corrected chi connectivity index (χ2v) is 3.29. The molecule has 1 aromatic rings. The molecular weight excluding hydrogens is 219 g/mol. The Balaban J connectivity index is 2.46. The molecule has 16 heavy (non-hydrogen) atoms. The number of quaternary nitrogens is 1. The molecule has 1 atom stereocenters. The number of halogens is 1. The number of nitrogens with zero attached hydrogens (tertiary/aromatic N) is 3. The summed E-state index contributed by atoms with van der Waals surface area (Å²) in [5.41, 5.74) is 0. The van der Waals surface area contributed by atoms with Gasteiger partial charge in [0.1, 0.15) is 44.8 Å². The van der Waals surface area contributed by atoms with Crippen LogP contribution in [0.25, 0.3) is 0 Å². The number of aliphatic hydroxyl groups excluding tert-OH is 1. The van der Waals surface area contributed by atoms with E-state index in [0.717, 1.165) is 0 Å². The fourth-order valence-corrected chi connectivity index (χ4v) is 1.30. The molecule has 8 heteroatoms. The maximum absolute atomic E-state index is 11.8. The van der Waals surface area contributed by atoms with Crippen molar-refractivity contribution in [3.63, 3.8) is 0 Å². The van der Waals surface area contributed by atoms with E-state index in [2.05, 4.69) is 4.98 Å². The van der Waals surface area contributed by atoms with Crippen molar-refractivity contribution in [2.45, 2.75) is 12.6 Å². The lowest BCUT2D eigenvalue weighted by atomic mass is 10.3. The highest BCUT2D eigenvalue weighted by Crippen LogP contribution is 2.07. The number of rotatable bonds is 7. The predicted molar refractivity (Wildman–Crippen MR) is 52.5 cm³/mol. The van der Waals surface area contributed by atoms with E-state index in [1.807, 2.05) is 0 Å². The van der Waals surface area contributed by atoms with E-state index in [4.69, 9.17) is 0 Å². The molecule has 1 rings (SSSR count). The van der Waals surface area contributed by atoms with Gasteiger partial charge < -0.3 is 20.5 Å². The topological polar surface area (TPSA) is 97.8 Å². The standard InChI is InChI=1S/C8H13FN4O3/c9-1-2-10-5-7(14)6-12-4-3-11-8(12)13(15)16/h3-4,7,10,14H,1-2,5-6H2/p+1. The molecule has 0 radical (unpaired) electrons. The van der Waals surface area contributed by atoms with Crippen LogP contribution in [0.2, 0.25) is 0 Å². The van der Waals surface area contributed by atoms with Crippen molar-refractivity contribution >= 4 is 5.95 Å². The second kappa shape index (κ2) is 6.13. The average Bonchev–Trinajstić information content (AvgIpc) is 2.66. The average molecular weight is 233 g/mol. The third-order valence-corrected chi connectivity index (χ3v) is 2.02. The molecule has 0 aliphatic carbocycles. The number of hydrogen-bond donors (Lipinski definition) is 2. The Kier molecular flexibility index (Phi) is 4.80. The van der Waals surface area contributed by atoms with Gasteiger partial charge in [-0.2, -0.15) is 0 Å². The van der Waals surface area contributed by atoms with Gasteiger partial charge in [0.25, 0.3) is 0 Å². The van der Waals surface area contributed by atoms with Crippen LogP contribution in [0.4, 0.5) is 10.3 Å². The van der Waals surface area contributed by atoms with Crippen molar-refractivity contribution in [3.05, 3.63) is 22.5 Å². The Bertz CT molecular complexity index is 344. The van der Waals surface area contributed by atoms with Gasteiger partial charge in [-0.25, -0.2) is 8.96 Å². The number of hydrogen-bond acceptors (Lipinski definition) is 4. The normalized spacial score (nSPS) is 12.6. The molecule has 0 saturated carbocycles. The fourth-order valence-electron chi connectivity index (χ4n) is 1.30. The van der Waals surface area contributed by atoms with Crippen LogP contribution in [0.5, 0.6) is 0 Å². The van der Waals surface area contributed by atoms with Gasteiger partial charge >= 0.3 is 5.95 Å². The first-order chi connectivity index (χ1) is 7.65. The van der Waals surface area contributed by atoms with E-state index in [9.17, 15) is 19.6 Å². The van der Waals surface area contributed by atoms with E-state index in [1.54, 1.807) is 5.32 Å². The van der Waals surface area contributed by atoms with Crippen molar-refractivity contribution in [1.29, 1.82) is 0 Å². The molecular formula is C8H14FN4O3+. The summed E-state index contributed by atoms with van der Waals surface area (Å²) in [7, 11) is 0. The fraction of sp³-hybridized carbons (Fsp3) is 0.625. The van der Waals surface area contributed by atoms with Gasteiger partial charge in [0.2, 0.25) is 0 Å². The summed E-state index contributed by atoms with van der Waals surface area (Å²) in [5.74, 6) is -0.301.